The van der Waals surface area contributed by atoms with Crippen LogP contribution < -0.4 is 0 Å². The molecule has 0 aromatic rings. The van der Waals surface area contributed by atoms with E-state index in [1.165, 1.54) is 38.5 Å². The molecular formula is C16H32O5. The molecule has 0 bridgehead atoms. The smallest absolute Gasteiger partial charge is 0.114 e. The summed E-state index contributed by atoms with van der Waals surface area (Å²) in [4.78, 5) is 0. The summed E-state index contributed by atoms with van der Waals surface area (Å²) >= 11 is 0. The van der Waals surface area contributed by atoms with Crippen LogP contribution >= 0.6 is 0 Å². The van der Waals surface area contributed by atoms with Gasteiger partial charge in [0.25, 0.3) is 0 Å². The van der Waals surface area contributed by atoms with Crippen LogP contribution in [0.1, 0.15) is 58.3 Å². The standard InChI is InChI=1S/C16H32O5/c1-2-3-4-5-6-7-8-9-10-20-11-14(18)16-15(19)13(17)12-21-16/h13-19H,2-12H2,1H3/t13-,14+,15-,16-/m0/s1. The molecule has 4 atom stereocenters. The Morgan fingerprint density at radius 3 is 2.24 bits per heavy atom. The minimum Gasteiger partial charge on any atom is -0.388 e. The molecule has 21 heavy (non-hydrogen) atoms. The average molecular weight is 304 g/mol. The van der Waals surface area contributed by atoms with E-state index in [4.69, 9.17) is 9.47 Å². The Labute approximate surface area is 128 Å². The summed E-state index contributed by atoms with van der Waals surface area (Å²) in [6.45, 7) is 3.06. The van der Waals surface area contributed by atoms with Crippen LogP contribution in [-0.4, -0.2) is 59.6 Å². The highest BCUT2D eigenvalue weighted by Crippen LogP contribution is 2.18. The van der Waals surface area contributed by atoms with Gasteiger partial charge in [0.2, 0.25) is 0 Å². The third-order valence-electron chi connectivity index (χ3n) is 4.00. The molecule has 126 valence electrons. The molecule has 1 heterocycles. The van der Waals surface area contributed by atoms with Gasteiger partial charge in [0.15, 0.2) is 0 Å². The lowest BCUT2D eigenvalue weighted by atomic mass is 10.1. The van der Waals surface area contributed by atoms with E-state index in [0.29, 0.717) is 6.61 Å². The summed E-state index contributed by atoms with van der Waals surface area (Å²) in [5.41, 5.74) is 0. The molecule has 3 N–H and O–H groups in total. The van der Waals surface area contributed by atoms with Crippen molar-refractivity contribution in [2.75, 3.05) is 19.8 Å². The molecule has 1 aliphatic heterocycles. The van der Waals surface area contributed by atoms with Gasteiger partial charge in [-0.3, -0.25) is 0 Å². The van der Waals surface area contributed by atoms with E-state index in [1.807, 2.05) is 0 Å². The molecule has 1 aliphatic rings. The molecule has 0 aromatic heterocycles. The van der Waals surface area contributed by atoms with Crippen LogP contribution in [0.5, 0.6) is 0 Å². The Kier molecular flexibility index (Phi) is 10.2. The molecule has 0 unspecified atom stereocenters. The van der Waals surface area contributed by atoms with Crippen molar-refractivity contribution < 1.29 is 24.8 Å². The molecular weight excluding hydrogens is 272 g/mol. The molecule has 5 heteroatoms. The quantitative estimate of drug-likeness (QED) is 0.478. The van der Waals surface area contributed by atoms with Crippen LogP contribution in [0.3, 0.4) is 0 Å². The highest BCUT2D eigenvalue weighted by Gasteiger charge is 2.39. The predicted octanol–water partition coefficient (Wildman–Crippen LogP) is 1.63. The maximum atomic E-state index is 9.84. The third-order valence-corrected chi connectivity index (χ3v) is 4.00. The van der Waals surface area contributed by atoms with Gasteiger partial charge < -0.3 is 24.8 Å². The Hall–Kier alpha value is -0.200. The number of aliphatic hydroxyl groups excluding tert-OH is 3. The van der Waals surface area contributed by atoms with Crippen molar-refractivity contribution in [1.29, 1.82) is 0 Å². The lowest BCUT2D eigenvalue weighted by Crippen LogP contribution is -2.40. The summed E-state index contributed by atoms with van der Waals surface area (Å²) in [5, 5.41) is 28.8. The number of ether oxygens (including phenoxy) is 2. The molecule has 5 nitrogen and oxygen atoms in total. The topological polar surface area (TPSA) is 79.2 Å². The van der Waals surface area contributed by atoms with Crippen LogP contribution in [0.4, 0.5) is 0 Å². The minimum atomic E-state index is -1.02. The zero-order chi connectivity index (χ0) is 15.5. The van der Waals surface area contributed by atoms with Crippen molar-refractivity contribution in [3.05, 3.63) is 0 Å². The molecule has 0 aliphatic carbocycles. The largest absolute Gasteiger partial charge is 0.388 e. The lowest BCUT2D eigenvalue weighted by molar-refractivity contribution is -0.0813. The summed E-state index contributed by atoms with van der Waals surface area (Å²) in [6, 6.07) is 0. The fourth-order valence-electron chi connectivity index (χ4n) is 2.60. The van der Waals surface area contributed by atoms with Gasteiger partial charge in [-0.2, -0.15) is 0 Å². The van der Waals surface area contributed by atoms with Gasteiger partial charge in [-0.25, -0.2) is 0 Å². The van der Waals surface area contributed by atoms with E-state index < -0.39 is 24.4 Å². The van der Waals surface area contributed by atoms with Crippen LogP contribution in [0.25, 0.3) is 0 Å². The molecule has 0 aromatic carbocycles. The van der Waals surface area contributed by atoms with Crippen LogP contribution in [0, 0.1) is 0 Å². The van der Waals surface area contributed by atoms with E-state index in [2.05, 4.69) is 6.92 Å². The van der Waals surface area contributed by atoms with Gasteiger partial charge in [-0.1, -0.05) is 51.9 Å². The highest BCUT2D eigenvalue weighted by molar-refractivity contribution is 4.87. The van der Waals surface area contributed by atoms with E-state index in [-0.39, 0.29) is 13.2 Å². The Morgan fingerprint density at radius 2 is 1.67 bits per heavy atom. The molecule has 0 radical (unpaired) electrons. The lowest BCUT2D eigenvalue weighted by Gasteiger charge is -2.20. The maximum Gasteiger partial charge on any atom is 0.114 e. The first-order valence-electron chi connectivity index (χ1n) is 8.40. The fourth-order valence-corrected chi connectivity index (χ4v) is 2.60. The van der Waals surface area contributed by atoms with Gasteiger partial charge in [-0.15, -0.1) is 0 Å². The van der Waals surface area contributed by atoms with Gasteiger partial charge in [0.1, 0.15) is 24.4 Å². The Morgan fingerprint density at radius 1 is 1.05 bits per heavy atom. The summed E-state index contributed by atoms with van der Waals surface area (Å²) < 4.78 is 10.6. The predicted molar refractivity (Wildman–Crippen MR) is 81.2 cm³/mol. The van der Waals surface area contributed by atoms with E-state index in [0.717, 1.165) is 12.8 Å². The van der Waals surface area contributed by atoms with Crippen LogP contribution in [0.15, 0.2) is 0 Å². The third kappa shape index (κ3) is 7.56. The molecule has 0 amide bonds. The number of hydrogen-bond donors (Lipinski definition) is 3. The normalized spacial score (nSPS) is 27.1. The second-order valence-electron chi connectivity index (χ2n) is 5.97. The molecule has 0 saturated carbocycles. The van der Waals surface area contributed by atoms with Crippen molar-refractivity contribution >= 4 is 0 Å². The molecule has 1 rings (SSSR count). The number of aliphatic hydroxyl groups is 3. The van der Waals surface area contributed by atoms with Crippen molar-refractivity contribution in [3.63, 3.8) is 0 Å². The van der Waals surface area contributed by atoms with Crippen LogP contribution in [0.2, 0.25) is 0 Å². The summed E-state index contributed by atoms with van der Waals surface area (Å²) in [6.07, 6.45) is 6.43. The maximum absolute atomic E-state index is 9.84. The molecule has 0 spiro atoms. The molecule has 1 saturated heterocycles. The molecule has 1 fully saturated rings. The van der Waals surface area contributed by atoms with Crippen molar-refractivity contribution in [3.8, 4) is 0 Å². The second kappa shape index (κ2) is 11.4. The Balaban J connectivity index is 1.90. The summed E-state index contributed by atoms with van der Waals surface area (Å²) in [7, 11) is 0. The van der Waals surface area contributed by atoms with Gasteiger partial charge in [0.05, 0.1) is 13.2 Å². The van der Waals surface area contributed by atoms with Crippen LogP contribution in [-0.2, 0) is 9.47 Å². The fraction of sp³-hybridized carbons (Fsp3) is 1.00. The first-order chi connectivity index (χ1) is 10.2. The summed E-state index contributed by atoms with van der Waals surface area (Å²) in [5.74, 6) is 0. The van der Waals surface area contributed by atoms with E-state index in [9.17, 15) is 15.3 Å². The first kappa shape index (κ1) is 18.8. The number of rotatable bonds is 12. The monoisotopic (exact) mass is 304 g/mol. The zero-order valence-corrected chi connectivity index (χ0v) is 13.2. The average Bonchev–Trinajstić information content (AvgIpc) is 2.81. The van der Waals surface area contributed by atoms with Gasteiger partial charge in [0, 0.05) is 6.61 Å². The van der Waals surface area contributed by atoms with Crippen molar-refractivity contribution in [1.82, 2.24) is 0 Å². The zero-order valence-electron chi connectivity index (χ0n) is 13.2. The van der Waals surface area contributed by atoms with Gasteiger partial charge in [-0.05, 0) is 6.42 Å². The second-order valence-corrected chi connectivity index (χ2v) is 5.97. The number of hydrogen-bond acceptors (Lipinski definition) is 5. The first-order valence-corrected chi connectivity index (χ1v) is 8.40. The minimum absolute atomic E-state index is 0.0704. The van der Waals surface area contributed by atoms with E-state index in [1.54, 1.807) is 0 Å². The van der Waals surface area contributed by atoms with E-state index >= 15 is 0 Å². The SMILES string of the molecule is CCCCCCCCCCOC[C@@H](O)[C@@H]1OC[C@H](O)[C@@H]1O. The number of unbranched alkanes of at least 4 members (excludes halogenated alkanes) is 7. The Bertz CT molecular complexity index is 249. The van der Waals surface area contributed by atoms with Gasteiger partial charge >= 0.3 is 0 Å². The highest BCUT2D eigenvalue weighted by atomic mass is 16.5. The van der Waals surface area contributed by atoms with Crippen molar-refractivity contribution in [2.24, 2.45) is 0 Å². The van der Waals surface area contributed by atoms with Crippen molar-refractivity contribution in [2.45, 2.75) is 82.7 Å².